The first kappa shape index (κ1) is 17.2. The van der Waals surface area contributed by atoms with Crippen LogP contribution in [0.4, 0.5) is 5.69 Å². The molecule has 8 heteroatoms. The topological polar surface area (TPSA) is 99.3 Å². The van der Waals surface area contributed by atoms with Crippen LogP contribution in [0.1, 0.15) is 16.1 Å². The first-order chi connectivity index (χ1) is 12.6. The fraction of sp³-hybridized carbons (Fsp3) is 0.111. The number of rotatable bonds is 6. The van der Waals surface area contributed by atoms with Crippen molar-refractivity contribution >= 4 is 11.6 Å². The Balaban J connectivity index is 1.67. The van der Waals surface area contributed by atoms with Crippen molar-refractivity contribution in [3.05, 3.63) is 82.2 Å². The lowest BCUT2D eigenvalue weighted by Gasteiger charge is -2.05. The lowest BCUT2D eigenvalue weighted by atomic mass is 10.2. The first-order valence-electron chi connectivity index (χ1n) is 7.78. The largest absolute Gasteiger partial charge is 0.497 e. The molecule has 1 amide bonds. The average Bonchev–Trinajstić information content (AvgIpc) is 3.17. The Morgan fingerprint density at radius 3 is 2.69 bits per heavy atom. The normalized spacial score (nSPS) is 10.3. The van der Waals surface area contributed by atoms with Crippen molar-refractivity contribution in [1.82, 2.24) is 15.1 Å². The molecule has 1 N–H and O–H groups in total. The minimum absolute atomic E-state index is 0.0384. The summed E-state index contributed by atoms with van der Waals surface area (Å²) in [5.74, 6) is 0.417. The second kappa shape index (κ2) is 7.47. The molecular weight excluding hydrogens is 336 g/mol. The fourth-order valence-corrected chi connectivity index (χ4v) is 2.35. The number of carbonyl (C=O) groups excluding carboxylic acids is 1. The number of hydrogen-bond acceptors (Lipinski definition) is 5. The summed E-state index contributed by atoms with van der Waals surface area (Å²) < 4.78 is 6.52. The van der Waals surface area contributed by atoms with Gasteiger partial charge in [0.15, 0.2) is 5.69 Å². The Labute approximate surface area is 149 Å². The predicted molar refractivity (Wildman–Crippen MR) is 94.4 cm³/mol. The van der Waals surface area contributed by atoms with Crippen molar-refractivity contribution in [2.75, 3.05) is 7.11 Å². The van der Waals surface area contributed by atoms with Gasteiger partial charge in [0.05, 0.1) is 17.7 Å². The van der Waals surface area contributed by atoms with E-state index < -0.39 is 4.92 Å². The predicted octanol–water partition coefficient (Wildman–Crippen LogP) is 2.72. The highest BCUT2D eigenvalue weighted by Gasteiger charge is 2.12. The molecule has 0 aliphatic heterocycles. The molecule has 0 aliphatic carbocycles. The van der Waals surface area contributed by atoms with Crippen molar-refractivity contribution in [1.29, 1.82) is 0 Å². The number of aromatic nitrogens is 2. The van der Waals surface area contributed by atoms with Crippen LogP contribution in [0, 0.1) is 10.1 Å². The Bertz CT molecular complexity index is 934. The van der Waals surface area contributed by atoms with Gasteiger partial charge in [0, 0.05) is 24.9 Å². The number of amides is 1. The van der Waals surface area contributed by atoms with Gasteiger partial charge < -0.3 is 10.1 Å². The van der Waals surface area contributed by atoms with E-state index in [2.05, 4.69) is 10.4 Å². The molecule has 2 aromatic carbocycles. The number of nitro benzene ring substituents is 1. The maximum Gasteiger partial charge on any atom is 0.272 e. The summed E-state index contributed by atoms with van der Waals surface area (Å²) in [5, 5.41) is 17.8. The number of non-ortho nitro benzene ring substituents is 1. The zero-order valence-electron chi connectivity index (χ0n) is 14.0. The molecule has 0 saturated carbocycles. The summed E-state index contributed by atoms with van der Waals surface area (Å²) in [6, 6.07) is 15.0. The van der Waals surface area contributed by atoms with Crippen LogP contribution in [0.5, 0.6) is 5.75 Å². The van der Waals surface area contributed by atoms with Crippen LogP contribution in [-0.2, 0) is 6.54 Å². The minimum Gasteiger partial charge on any atom is -0.497 e. The maximum atomic E-state index is 12.2. The summed E-state index contributed by atoms with van der Waals surface area (Å²) >= 11 is 0. The molecule has 26 heavy (non-hydrogen) atoms. The molecule has 0 saturated heterocycles. The number of nitrogens with one attached hydrogen (secondary N) is 1. The Morgan fingerprint density at radius 2 is 2.00 bits per heavy atom. The molecular formula is C18H16N4O4. The van der Waals surface area contributed by atoms with Gasteiger partial charge in [0.2, 0.25) is 0 Å². The van der Waals surface area contributed by atoms with Gasteiger partial charge in [-0.25, -0.2) is 4.68 Å². The van der Waals surface area contributed by atoms with Gasteiger partial charge >= 0.3 is 0 Å². The number of nitrogens with zero attached hydrogens (tertiary/aromatic N) is 3. The number of benzene rings is 2. The van der Waals surface area contributed by atoms with Gasteiger partial charge in [-0.15, -0.1) is 0 Å². The average molecular weight is 352 g/mol. The quantitative estimate of drug-likeness (QED) is 0.543. The van der Waals surface area contributed by atoms with Crippen molar-refractivity contribution in [2.45, 2.75) is 6.54 Å². The molecule has 0 aliphatic rings. The first-order valence-corrected chi connectivity index (χ1v) is 7.78. The Kier molecular flexibility index (Phi) is 4.93. The lowest BCUT2D eigenvalue weighted by Crippen LogP contribution is -2.23. The fourth-order valence-electron chi connectivity index (χ4n) is 2.35. The van der Waals surface area contributed by atoms with E-state index in [1.54, 1.807) is 31.5 Å². The number of methoxy groups -OCH3 is 1. The zero-order valence-corrected chi connectivity index (χ0v) is 14.0. The lowest BCUT2D eigenvalue weighted by molar-refractivity contribution is -0.384. The van der Waals surface area contributed by atoms with Crippen LogP contribution in [0.2, 0.25) is 0 Å². The standard InChI is InChI=1S/C18H16N4O4/c1-26-16-7-5-13(6-8-16)12-19-18(23)17-9-10-21(20-17)14-3-2-4-15(11-14)22(24)25/h2-11H,12H2,1H3,(H,19,23). The summed E-state index contributed by atoms with van der Waals surface area (Å²) in [6.07, 6.45) is 1.58. The van der Waals surface area contributed by atoms with Gasteiger partial charge in [0.25, 0.3) is 11.6 Å². The van der Waals surface area contributed by atoms with E-state index in [0.717, 1.165) is 11.3 Å². The highest BCUT2D eigenvalue weighted by Crippen LogP contribution is 2.16. The smallest absolute Gasteiger partial charge is 0.272 e. The Hall–Kier alpha value is -3.68. The van der Waals surface area contributed by atoms with Crippen LogP contribution in [0.25, 0.3) is 5.69 Å². The number of ether oxygens (including phenoxy) is 1. The second-order valence-electron chi connectivity index (χ2n) is 5.45. The number of hydrogen-bond donors (Lipinski definition) is 1. The molecule has 8 nitrogen and oxygen atoms in total. The van der Waals surface area contributed by atoms with Crippen molar-refractivity contribution < 1.29 is 14.5 Å². The third kappa shape index (κ3) is 3.86. The Morgan fingerprint density at radius 1 is 1.23 bits per heavy atom. The van der Waals surface area contributed by atoms with Crippen LogP contribution in [-0.4, -0.2) is 27.7 Å². The SMILES string of the molecule is COc1ccc(CNC(=O)c2ccn(-c3cccc([N+](=O)[O-])c3)n2)cc1. The molecule has 3 aromatic rings. The molecule has 0 atom stereocenters. The summed E-state index contributed by atoms with van der Waals surface area (Å²) in [4.78, 5) is 22.6. The molecule has 0 radical (unpaired) electrons. The van der Waals surface area contributed by atoms with E-state index in [1.165, 1.54) is 16.8 Å². The van der Waals surface area contributed by atoms with Gasteiger partial charge in [-0.05, 0) is 29.8 Å². The summed E-state index contributed by atoms with van der Waals surface area (Å²) in [7, 11) is 1.59. The van der Waals surface area contributed by atoms with Crippen molar-refractivity contribution in [3.8, 4) is 11.4 Å². The van der Waals surface area contributed by atoms with Crippen LogP contribution in [0.3, 0.4) is 0 Å². The molecule has 1 aromatic heterocycles. The number of carbonyl (C=O) groups is 1. The molecule has 0 unspecified atom stereocenters. The number of nitro groups is 1. The van der Waals surface area contributed by atoms with Gasteiger partial charge in [0.1, 0.15) is 5.75 Å². The second-order valence-corrected chi connectivity index (χ2v) is 5.45. The molecule has 0 spiro atoms. The van der Waals surface area contributed by atoms with E-state index in [1.807, 2.05) is 24.3 Å². The van der Waals surface area contributed by atoms with E-state index in [4.69, 9.17) is 4.74 Å². The molecule has 0 fully saturated rings. The molecule has 3 rings (SSSR count). The van der Waals surface area contributed by atoms with Gasteiger partial charge in [-0.3, -0.25) is 14.9 Å². The van der Waals surface area contributed by atoms with E-state index >= 15 is 0 Å². The third-order valence-electron chi connectivity index (χ3n) is 3.74. The van der Waals surface area contributed by atoms with Crippen LogP contribution in [0.15, 0.2) is 60.8 Å². The van der Waals surface area contributed by atoms with Crippen molar-refractivity contribution in [2.24, 2.45) is 0 Å². The molecule has 132 valence electrons. The molecule has 1 heterocycles. The van der Waals surface area contributed by atoms with E-state index in [-0.39, 0.29) is 17.3 Å². The summed E-state index contributed by atoms with van der Waals surface area (Å²) in [6.45, 7) is 0.354. The van der Waals surface area contributed by atoms with Crippen molar-refractivity contribution in [3.63, 3.8) is 0 Å². The third-order valence-corrected chi connectivity index (χ3v) is 3.74. The molecule has 0 bridgehead atoms. The highest BCUT2D eigenvalue weighted by atomic mass is 16.6. The van der Waals surface area contributed by atoms with E-state index in [9.17, 15) is 14.9 Å². The zero-order chi connectivity index (χ0) is 18.5. The van der Waals surface area contributed by atoms with Gasteiger partial charge in [-0.1, -0.05) is 18.2 Å². The maximum absolute atomic E-state index is 12.2. The highest BCUT2D eigenvalue weighted by molar-refractivity contribution is 5.92. The van der Waals surface area contributed by atoms with Gasteiger partial charge in [-0.2, -0.15) is 5.10 Å². The summed E-state index contributed by atoms with van der Waals surface area (Å²) in [5.41, 5.74) is 1.62. The van der Waals surface area contributed by atoms with E-state index in [0.29, 0.717) is 12.2 Å². The monoisotopic (exact) mass is 352 g/mol. The minimum atomic E-state index is -0.477. The van der Waals surface area contributed by atoms with Crippen LogP contribution >= 0.6 is 0 Å². The van der Waals surface area contributed by atoms with Crippen LogP contribution < -0.4 is 10.1 Å².